The molecule has 0 saturated carbocycles. The van der Waals surface area contributed by atoms with Crippen LogP contribution in [0, 0.1) is 6.92 Å². The lowest BCUT2D eigenvalue weighted by Crippen LogP contribution is -2.23. The summed E-state index contributed by atoms with van der Waals surface area (Å²) in [5.41, 5.74) is 2.66. The quantitative estimate of drug-likeness (QED) is 0.419. The Balaban J connectivity index is 1.60. The molecule has 0 aliphatic carbocycles. The Bertz CT molecular complexity index is 1150. The van der Waals surface area contributed by atoms with Crippen molar-refractivity contribution in [3.63, 3.8) is 0 Å². The maximum Gasteiger partial charge on any atom is 0.266 e. The van der Waals surface area contributed by atoms with E-state index in [1.807, 2.05) is 31.2 Å². The molecule has 0 bridgehead atoms. The van der Waals surface area contributed by atoms with Crippen LogP contribution in [0.1, 0.15) is 11.3 Å². The van der Waals surface area contributed by atoms with Crippen LogP contribution in [0.25, 0.3) is 17.4 Å². The summed E-state index contributed by atoms with van der Waals surface area (Å²) in [5.74, 6) is 1.01. The zero-order chi connectivity index (χ0) is 20.5. The highest BCUT2D eigenvalue weighted by Crippen LogP contribution is 2.35. The summed E-state index contributed by atoms with van der Waals surface area (Å²) in [6, 6.07) is 16.6. The van der Waals surface area contributed by atoms with Gasteiger partial charge in [0.1, 0.15) is 11.5 Å². The van der Waals surface area contributed by atoms with E-state index in [2.05, 4.69) is 4.99 Å². The van der Waals surface area contributed by atoms with Gasteiger partial charge in [-0.15, -0.1) is 0 Å². The minimum atomic E-state index is -0.125. The normalized spacial score (nSPS) is 17.0. The van der Waals surface area contributed by atoms with Crippen molar-refractivity contribution in [1.29, 1.82) is 0 Å². The molecule has 1 amide bonds. The molecule has 2 aromatic carbocycles. The van der Waals surface area contributed by atoms with Gasteiger partial charge in [-0.3, -0.25) is 9.69 Å². The molecule has 29 heavy (non-hydrogen) atoms. The Morgan fingerprint density at radius 2 is 1.83 bits per heavy atom. The topological polar surface area (TPSA) is 45.8 Å². The Hall–Kier alpha value is -2.47. The van der Waals surface area contributed by atoms with Crippen LogP contribution >= 0.6 is 35.0 Å². The number of carbonyl (C=O) groups excluding carboxylic acids is 1. The number of amidine groups is 1. The average Bonchev–Trinajstić information content (AvgIpc) is 3.26. The number of carbonyl (C=O) groups is 1. The van der Waals surface area contributed by atoms with Crippen molar-refractivity contribution in [2.75, 3.05) is 7.05 Å². The molecule has 1 fully saturated rings. The van der Waals surface area contributed by atoms with Crippen molar-refractivity contribution in [2.45, 2.75) is 6.92 Å². The molecule has 0 N–H and O–H groups in total. The van der Waals surface area contributed by atoms with Gasteiger partial charge in [-0.25, -0.2) is 4.99 Å². The summed E-state index contributed by atoms with van der Waals surface area (Å²) in [4.78, 5) is 19.3. The van der Waals surface area contributed by atoms with E-state index in [0.717, 1.165) is 11.3 Å². The van der Waals surface area contributed by atoms with Crippen molar-refractivity contribution < 1.29 is 9.21 Å². The van der Waals surface area contributed by atoms with Crippen LogP contribution in [-0.4, -0.2) is 23.0 Å². The highest BCUT2D eigenvalue weighted by molar-refractivity contribution is 8.18. The minimum absolute atomic E-state index is 0.125. The Morgan fingerprint density at radius 1 is 1.07 bits per heavy atom. The molecule has 0 spiro atoms. The van der Waals surface area contributed by atoms with Crippen LogP contribution in [-0.2, 0) is 4.79 Å². The van der Waals surface area contributed by atoms with Gasteiger partial charge in [-0.1, -0.05) is 40.9 Å². The number of rotatable bonds is 3. The Morgan fingerprint density at radius 3 is 2.59 bits per heavy atom. The van der Waals surface area contributed by atoms with Crippen LogP contribution in [0.2, 0.25) is 10.0 Å². The van der Waals surface area contributed by atoms with E-state index in [1.54, 1.807) is 43.5 Å². The summed E-state index contributed by atoms with van der Waals surface area (Å²) in [7, 11) is 1.71. The van der Waals surface area contributed by atoms with E-state index in [9.17, 15) is 4.79 Å². The van der Waals surface area contributed by atoms with Gasteiger partial charge in [0.15, 0.2) is 5.17 Å². The first-order chi connectivity index (χ1) is 13.9. The summed E-state index contributed by atoms with van der Waals surface area (Å²) < 4.78 is 5.87. The third kappa shape index (κ3) is 4.27. The van der Waals surface area contributed by atoms with Crippen molar-refractivity contribution in [3.05, 3.63) is 80.9 Å². The maximum absolute atomic E-state index is 12.6. The van der Waals surface area contributed by atoms with Crippen molar-refractivity contribution >= 4 is 57.8 Å². The molecule has 4 nitrogen and oxygen atoms in total. The first-order valence-electron chi connectivity index (χ1n) is 8.79. The fourth-order valence-electron chi connectivity index (χ4n) is 2.77. The lowest BCUT2D eigenvalue weighted by atomic mass is 10.2. The van der Waals surface area contributed by atoms with Crippen molar-refractivity contribution in [3.8, 4) is 11.3 Å². The molecular weight excluding hydrogens is 427 g/mol. The molecule has 4 rings (SSSR count). The monoisotopic (exact) mass is 442 g/mol. The largest absolute Gasteiger partial charge is 0.457 e. The smallest absolute Gasteiger partial charge is 0.266 e. The Kier molecular flexibility index (Phi) is 5.54. The molecule has 1 aliphatic rings. The number of amides is 1. The summed E-state index contributed by atoms with van der Waals surface area (Å²) in [5, 5.41) is 1.73. The van der Waals surface area contributed by atoms with E-state index in [0.29, 0.717) is 37.2 Å². The van der Waals surface area contributed by atoms with Crippen LogP contribution < -0.4 is 0 Å². The SMILES string of the molecule is Cc1ccc(N=C2S/C(=C/c3ccc(-c4cc(Cl)ccc4Cl)o3)C(=O)N2C)cc1. The van der Waals surface area contributed by atoms with E-state index in [-0.39, 0.29) is 5.91 Å². The molecular formula is C22H16Cl2N2O2S. The zero-order valence-electron chi connectivity index (χ0n) is 15.6. The fourth-order valence-corrected chi connectivity index (χ4v) is 4.12. The number of hydrogen-bond donors (Lipinski definition) is 0. The number of aliphatic imine (C=N–C) groups is 1. The van der Waals surface area contributed by atoms with Crippen LogP contribution in [0.15, 0.2) is 68.9 Å². The highest BCUT2D eigenvalue weighted by atomic mass is 35.5. The predicted octanol–water partition coefficient (Wildman–Crippen LogP) is 6.80. The highest BCUT2D eigenvalue weighted by Gasteiger charge is 2.30. The molecule has 1 aromatic heterocycles. The van der Waals surface area contributed by atoms with Gasteiger partial charge in [-0.05, 0) is 61.2 Å². The molecule has 1 aliphatic heterocycles. The van der Waals surface area contributed by atoms with E-state index in [4.69, 9.17) is 27.6 Å². The second-order valence-corrected chi connectivity index (χ2v) is 8.38. The third-order valence-corrected chi connectivity index (χ3v) is 5.98. The minimum Gasteiger partial charge on any atom is -0.457 e. The summed E-state index contributed by atoms with van der Waals surface area (Å²) >= 11 is 13.6. The summed E-state index contributed by atoms with van der Waals surface area (Å²) in [6.07, 6.45) is 1.71. The first kappa shape index (κ1) is 19.8. The number of nitrogens with zero attached hydrogens (tertiary/aromatic N) is 2. The van der Waals surface area contributed by atoms with Crippen molar-refractivity contribution in [1.82, 2.24) is 4.90 Å². The molecule has 7 heteroatoms. The van der Waals surface area contributed by atoms with Gasteiger partial charge >= 0.3 is 0 Å². The van der Waals surface area contributed by atoms with Gasteiger partial charge < -0.3 is 4.42 Å². The van der Waals surface area contributed by atoms with Gasteiger partial charge in [0.05, 0.1) is 15.6 Å². The number of halogens is 2. The summed E-state index contributed by atoms with van der Waals surface area (Å²) in [6.45, 7) is 2.02. The fraction of sp³-hybridized carbons (Fsp3) is 0.0909. The van der Waals surface area contributed by atoms with Gasteiger partial charge in [0.2, 0.25) is 0 Å². The number of hydrogen-bond acceptors (Lipinski definition) is 4. The molecule has 3 aromatic rings. The predicted molar refractivity (Wildman–Crippen MR) is 121 cm³/mol. The van der Waals surface area contributed by atoms with E-state index < -0.39 is 0 Å². The standard InChI is InChI=1S/C22H16Cl2N2O2S/c1-13-3-6-15(7-4-13)25-22-26(2)21(27)20(29-22)12-16-8-10-19(28-16)17-11-14(23)5-9-18(17)24/h3-12H,1-2H3/b20-12+,25-22?. The molecule has 0 radical (unpaired) electrons. The van der Waals surface area contributed by atoms with Gasteiger partial charge in [0, 0.05) is 23.7 Å². The average molecular weight is 443 g/mol. The van der Waals surface area contributed by atoms with E-state index >= 15 is 0 Å². The number of benzene rings is 2. The Labute approximate surface area is 182 Å². The van der Waals surface area contributed by atoms with Crippen LogP contribution in [0.5, 0.6) is 0 Å². The molecule has 0 atom stereocenters. The molecule has 1 saturated heterocycles. The van der Waals surface area contributed by atoms with Crippen molar-refractivity contribution in [2.24, 2.45) is 4.99 Å². The zero-order valence-corrected chi connectivity index (χ0v) is 18.0. The van der Waals surface area contributed by atoms with Crippen LogP contribution in [0.3, 0.4) is 0 Å². The second kappa shape index (κ2) is 8.11. The molecule has 2 heterocycles. The second-order valence-electron chi connectivity index (χ2n) is 6.53. The lowest BCUT2D eigenvalue weighted by molar-refractivity contribution is -0.121. The molecule has 0 unspecified atom stereocenters. The number of aryl methyl sites for hydroxylation is 1. The first-order valence-corrected chi connectivity index (χ1v) is 10.4. The third-order valence-electron chi connectivity index (χ3n) is 4.36. The number of likely N-dealkylation sites (N-methyl/N-ethyl adjacent to an activating group) is 1. The maximum atomic E-state index is 12.6. The van der Waals surface area contributed by atoms with Gasteiger partial charge in [-0.2, -0.15) is 0 Å². The lowest BCUT2D eigenvalue weighted by Gasteiger charge is -2.07. The number of thioether (sulfide) groups is 1. The number of furan rings is 1. The van der Waals surface area contributed by atoms with Crippen LogP contribution in [0.4, 0.5) is 5.69 Å². The van der Waals surface area contributed by atoms with E-state index in [1.165, 1.54) is 16.7 Å². The molecule has 146 valence electrons. The van der Waals surface area contributed by atoms with Gasteiger partial charge in [0.25, 0.3) is 5.91 Å².